The molecule has 0 unspecified atom stereocenters. The molecule has 1 atom stereocenters. The molecule has 0 amide bonds. The lowest BCUT2D eigenvalue weighted by molar-refractivity contribution is -0.143. The van der Waals surface area contributed by atoms with Gasteiger partial charge < -0.3 is 15.5 Å². The molecule has 0 aromatic heterocycles. The molecule has 0 aliphatic carbocycles. The van der Waals surface area contributed by atoms with Crippen molar-refractivity contribution in [1.29, 1.82) is 0 Å². The van der Waals surface area contributed by atoms with Gasteiger partial charge in [-0.2, -0.15) is 26.3 Å². The number of hydrogen-bond acceptors (Lipinski definition) is 2. The van der Waals surface area contributed by atoms with Crippen LogP contribution in [-0.4, -0.2) is 35.7 Å². The van der Waals surface area contributed by atoms with E-state index in [1.807, 2.05) is 13.8 Å². The Hall–Kier alpha value is -1.55. The molecule has 0 radical (unpaired) electrons. The van der Waals surface area contributed by atoms with Crippen LogP contribution in [0.2, 0.25) is 0 Å². The zero-order chi connectivity index (χ0) is 22.5. The zero-order valence-electron chi connectivity index (χ0n) is 17.0. The summed E-state index contributed by atoms with van der Waals surface area (Å²) in [5.74, 6) is 0.348. The first-order chi connectivity index (χ1) is 13.8. The van der Waals surface area contributed by atoms with Gasteiger partial charge >= 0.3 is 12.4 Å². The fourth-order valence-electron chi connectivity index (χ4n) is 3.58. The second-order valence-electron chi connectivity index (χ2n) is 8.08. The topological polar surface area (TPSA) is 27.3 Å². The maximum Gasteiger partial charge on any atom is 0.416 e. The molecule has 0 saturated carbocycles. The molecule has 1 fully saturated rings. The van der Waals surface area contributed by atoms with Gasteiger partial charge in [-0.25, -0.2) is 0 Å². The summed E-state index contributed by atoms with van der Waals surface area (Å²) < 4.78 is 78.2. The number of hydrogen-bond donors (Lipinski definition) is 2. The molecule has 3 nitrogen and oxygen atoms in total. The van der Waals surface area contributed by atoms with Gasteiger partial charge in [0.25, 0.3) is 0 Å². The summed E-state index contributed by atoms with van der Waals surface area (Å²) >= 11 is 5.20. The van der Waals surface area contributed by atoms with Crippen molar-refractivity contribution in [2.75, 3.05) is 25.0 Å². The summed E-state index contributed by atoms with van der Waals surface area (Å²) in [6.45, 7) is 6.75. The molecule has 1 heterocycles. The van der Waals surface area contributed by atoms with Crippen molar-refractivity contribution in [3.63, 3.8) is 0 Å². The molecule has 30 heavy (non-hydrogen) atoms. The average molecular weight is 456 g/mol. The van der Waals surface area contributed by atoms with E-state index in [2.05, 4.69) is 15.5 Å². The molecular formula is C20H27F6N3S. The van der Waals surface area contributed by atoms with Crippen molar-refractivity contribution in [1.82, 2.24) is 10.2 Å². The Balaban J connectivity index is 2.13. The Bertz CT molecular complexity index is 679. The summed E-state index contributed by atoms with van der Waals surface area (Å²) in [5.41, 5.74) is -3.11. The maximum atomic E-state index is 13.0. The minimum absolute atomic E-state index is 0.00473. The number of alkyl halides is 6. The highest BCUT2D eigenvalue weighted by Gasteiger charge is 2.37. The SMILES string of the molecule is CC(C)C[C@@H](CN1CCCCC1)NC(=S)Nc1cc(C(F)(F)F)cc(C(F)(F)F)c1. The normalized spacial score (nSPS) is 17.1. The first kappa shape index (κ1) is 24.7. The van der Waals surface area contributed by atoms with Gasteiger partial charge in [-0.15, -0.1) is 0 Å². The molecule has 1 aromatic rings. The summed E-state index contributed by atoms with van der Waals surface area (Å²) in [6.07, 6.45) is -5.62. The Morgan fingerprint density at radius 3 is 1.97 bits per heavy atom. The van der Waals surface area contributed by atoms with E-state index in [4.69, 9.17) is 12.2 Å². The molecule has 170 valence electrons. The standard InChI is InChI=1S/C20H27F6N3S/c1-13(2)8-17(12-29-6-4-3-5-7-29)28-18(30)27-16-10-14(19(21,22)23)9-15(11-16)20(24,25)26/h9-11,13,17H,3-8,12H2,1-2H3,(H2,27,28,30)/t17-/m0/s1. The van der Waals surface area contributed by atoms with E-state index < -0.39 is 23.5 Å². The Labute approximate surface area is 178 Å². The van der Waals surface area contributed by atoms with Gasteiger partial charge in [0.05, 0.1) is 11.1 Å². The smallest absolute Gasteiger partial charge is 0.358 e. The lowest BCUT2D eigenvalue weighted by atomic mass is 10.0. The van der Waals surface area contributed by atoms with Crippen molar-refractivity contribution in [2.45, 2.75) is 57.9 Å². The van der Waals surface area contributed by atoms with Gasteiger partial charge in [-0.3, -0.25) is 0 Å². The third-order valence-electron chi connectivity index (χ3n) is 4.86. The van der Waals surface area contributed by atoms with E-state index >= 15 is 0 Å². The van der Waals surface area contributed by atoms with Crippen LogP contribution in [0.15, 0.2) is 18.2 Å². The lowest BCUT2D eigenvalue weighted by Crippen LogP contribution is -2.47. The molecular weight excluding hydrogens is 428 g/mol. The molecule has 2 rings (SSSR count). The van der Waals surface area contributed by atoms with Gasteiger partial charge in [-0.1, -0.05) is 20.3 Å². The monoisotopic (exact) mass is 455 g/mol. The van der Waals surface area contributed by atoms with Crippen LogP contribution in [0.3, 0.4) is 0 Å². The Morgan fingerprint density at radius 2 is 1.50 bits per heavy atom. The predicted molar refractivity (Wildman–Crippen MR) is 109 cm³/mol. The van der Waals surface area contributed by atoms with E-state index in [0.717, 1.165) is 38.9 Å². The van der Waals surface area contributed by atoms with Crippen molar-refractivity contribution in [3.05, 3.63) is 29.3 Å². The van der Waals surface area contributed by atoms with E-state index in [1.165, 1.54) is 6.42 Å². The average Bonchev–Trinajstić information content (AvgIpc) is 2.60. The van der Waals surface area contributed by atoms with Crippen LogP contribution in [0.25, 0.3) is 0 Å². The van der Waals surface area contributed by atoms with Crippen LogP contribution >= 0.6 is 12.2 Å². The number of halogens is 6. The number of likely N-dealkylation sites (tertiary alicyclic amines) is 1. The third-order valence-corrected chi connectivity index (χ3v) is 5.08. The van der Waals surface area contributed by atoms with E-state index in [9.17, 15) is 26.3 Å². The number of anilines is 1. The van der Waals surface area contributed by atoms with E-state index in [0.29, 0.717) is 18.1 Å². The van der Waals surface area contributed by atoms with Gasteiger partial charge in [0.1, 0.15) is 0 Å². The molecule has 1 aliphatic heterocycles. The van der Waals surface area contributed by atoms with Crippen LogP contribution in [0.4, 0.5) is 32.0 Å². The summed E-state index contributed by atoms with van der Waals surface area (Å²) in [6, 6.07) is 1.30. The minimum atomic E-state index is -4.90. The van der Waals surface area contributed by atoms with Crippen molar-refractivity contribution >= 4 is 23.0 Å². The lowest BCUT2D eigenvalue weighted by Gasteiger charge is -2.32. The van der Waals surface area contributed by atoms with Crippen molar-refractivity contribution in [2.24, 2.45) is 5.92 Å². The number of rotatable bonds is 6. The predicted octanol–water partition coefficient (Wildman–Crippen LogP) is 5.91. The van der Waals surface area contributed by atoms with Gasteiger partial charge in [0, 0.05) is 18.3 Å². The van der Waals surface area contributed by atoms with Gasteiger partial charge in [0.15, 0.2) is 5.11 Å². The van der Waals surface area contributed by atoms with E-state index in [-0.39, 0.29) is 22.9 Å². The van der Waals surface area contributed by atoms with Crippen LogP contribution in [0.5, 0.6) is 0 Å². The maximum absolute atomic E-state index is 13.0. The first-order valence-corrected chi connectivity index (χ1v) is 10.3. The highest BCUT2D eigenvalue weighted by molar-refractivity contribution is 7.80. The van der Waals surface area contributed by atoms with Crippen molar-refractivity contribution in [3.8, 4) is 0 Å². The second-order valence-corrected chi connectivity index (χ2v) is 8.49. The quantitative estimate of drug-likeness (QED) is 0.412. The number of benzene rings is 1. The number of thiocarbonyl (C=S) groups is 1. The fourth-order valence-corrected chi connectivity index (χ4v) is 3.87. The fraction of sp³-hybridized carbons (Fsp3) is 0.650. The second kappa shape index (κ2) is 10.2. The third kappa shape index (κ3) is 7.94. The molecule has 10 heteroatoms. The summed E-state index contributed by atoms with van der Waals surface area (Å²) in [4.78, 5) is 2.30. The molecule has 1 saturated heterocycles. The van der Waals surface area contributed by atoms with Crippen LogP contribution in [0.1, 0.15) is 50.7 Å². The minimum Gasteiger partial charge on any atom is -0.358 e. The molecule has 0 bridgehead atoms. The van der Waals surface area contributed by atoms with E-state index in [1.54, 1.807) is 0 Å². The van der Waals surface area contributed by atoms with Gasteiger partial charge in [0.2, 0.25) is 0 Å². The molecule has 0 spiro atoms. The highest BCUT2D eigenvalue weighted by atomic mass is 32.1. The zero-order valence-corrected chi connectivity index (χ0v) is 17.8. The van der Waals surface area contributed by atoms with Gasteiger partial charge in [-0.05, 0) is 68.7 Å². The summed E-state index contributed by atoms with van der Waals surface area (Å²) in [5, 5.41) is 5.59. The van der Waals surface area contributed by atoms with Crippen LogP contribution in [0, 0.1) is 5.92 Å². The van der Waals surface area contributed by atoms with Crippen LogP contribution < -0.4 is 10.6 Å². The highest BCUT2D eigenvalue weighted by Crippen LogP contribution is 2.37. The largest absolute Gasteiger partial charge is 0.416 e. The Kier molecular flexibility index (Phi) is 8.38. The number of nitrogens with zero attached hydrogens (tertiary/aromatic N) is 1. The van der Waals surface area contributed by atoms with Crippen LogP contribution in [-0.2, 0) is 12.4 Å². The number of nitrogens with one attached hydrogen (secondary N) is 2. The molecule has 2 N–H and O–H groups in total. The van der Waals surface area contributed by atoms with Crippen molar-refractivity contribution < 1.29 is 26.3 Å². The first-order valence-electron chi connectivity index (χ1n) is 9.94. The molecule has 1 aliphatic rings. The summed E-state index contributed by atoms with van der Waals surface area (Å²) in [7, 11) is 0. The Morgan fingerprint density at radius 1 is 0.967 bits per heavy atom. The molecule has 1 aromatic carbocycles. The number of piperidine rings is 1.